The molecule has 0 bridgehead atoms. The normalized spacial score (nSPS) is 12.3. The van der Waals surface area contributed by atoms with E-state index in [0.717, 1.165) is 16.7 Å². The predicted octanol–water partition coefficient (Wildman–Crippen LogP) is 4.70. The third-order valence-electron chi connectivity index (χ3n) is 4.76. The number of hydrogen-bond donors (Lipinski definition) is 1. The van der Waals surface area contributed by atoms with Crippen LogP contribution in [0.5, 0.6) is 0 Å². The molecule has 0 radical (unpaired) electrons. The second kappa shape index (κ2) is 9.60. The van der Waals surface area contributed by atoms with E-state index < -0.39 is 5.91 Å². The van der Waals surface area contributed by atoms with Crippen molar-refractivity contribution in [3.8, 4) is 0 Å². The zero-order valence-electron chi connectivity index (χ0n) is 16.6. The van der Waals surface area contributed by atoms with E-state index in [9.17, 15) is 9.59 Å². The molecular formula is C25H24N2O2. The molecule has 0 spiro atoms. The summed E-state index contributed by atoms with van der Waals surface area (Å²) < 4.78 is 0. The highest BCUT2D eigenvalue weighted by atomic mass is 16.2. The number of carbonyl (C=O) groups is 2. The van der Waals surface area contributed by atoms with Crippen LogP contribution in [-0.4, -0.2) is 17.5 Å². The number of nitrogens with one attached hydrogen (secondary N) is 1. The maximum absolute atomic E-state index is 13.0. The summed E-state index contributed by atoms with van der Waals surface area (Å²) in [5, 5.41) is 2.90. The SMILES string of the molecule is Cc1ccc(C(C)C(=NC(=O)c2ccccc2)C(=O)NCc2ccccc2)cc1. The van der Waals surface area contributed by atoms with Crippen LogP contribution in [-0.2, 0) is 11.3 Å². The van der Waals surface area contributed by atoms with Crippen molar-refractivity contribution in [3.05, 3.63) is 107 Å². The fraction of sp³-hybridized carbons (Fsp3) is 0.160. The van der Waals surface area contributed by atoms with Crippen molar-refractivity contribution in [3.63, 3.8) is 0 Å². The molecule has 1 unspecified atom stereocenters. The molecule has 29 heavy (non-hydrogen) atoms. The molecule has 3 rings (SSSR count). The minimum atomic E-state index is -0.422. The van der Waals surface area contributed by atoms with Gasteiger partial charge in [-0.2, -0.15) is 0 Å². The largest absolute Gasteiger partial charge is 0.347 e. The first-order valence-corrected chi connectivity index (χ1v) is 9.61. The second-order valence-electron chi connectivity index (χ2n) is 6.97. The van der Waals surface area contributed by atoms with Gasteiger partial charge in [0, 0.05) is 18.0 Å². The first-order valence-electron chi connectivity index (χ1n) is 9.61. The Morgan fingerprint density at radius 2 is 1.45 bits per heavy atom. The van der Waals surface area contributed by atoms with Crippen LogP contribution in [0.15, 0.2) is 89.9 Å². The lowest BCUT2D eigenvalue weighted by molar-refractivity contribution is -0.115. The van der Waals surface area contributed by atoms with Crippen molar-refractivity contribution in [1.29, 1.82) is 0 Å². The molecular weight excluding hydrogens is 360 g/mol. The first-order chi connectivity index (χ1) is 14.0. The second-order valence-corrected chi connectivity index (χ2v) is 6.97. The summed E-state index contributed by atoms with van der Waals surface area (Å²) in [6.45, 7) is 4.28. The average molecular weight is 384 g/mol. The maximum Gasteiger partial charge on any atom is 0.277 e. The van der Waals surface area contributed by atoms with Crippen LogP contribution in [0.2, 0.25) is 0 Å². The minimum absolute atomic E-state index is 0.207. The Morgan fingerprint density at radius 3 is 2.07 bits per heavy atom. The lowest BCUT2D eigenvalue weighted by Crippen LogP contribution is -2.34. The van der Waals surface area contributed by atoms with Crippen LogP contribution in [0.3, 0.4) is 0 Å². The lowest BCUT2D eigenvalue weighted by Gasteiger charge is -2.15. The standard InChI is InChI=1S/C25H24N2O2/c1-18-13-15-21(16-14-18)19(2)23(27-24(28)22-11-7-4-8-12-22)25(29)26-17-20-9-5-3-6-10-20/h3-16,19H,17H2,1-2H3,(H,26,29). The number of rotatable bonds is 6. The lowest BCUT2D eigenvalue weighted by atomic mass is 9.94. The zero-order chi connectivity index (χ0) is 20.6. The molecule has 0 aliphatic rings. The van der Waals surface area contributed by atoms with Crippen LogP contribution in [0, 0.1) is 6.92 Å². The van der Waals surface area contributed by atoms with Gasteiger partial charge in [-0.25, -0.2) is 4.99 Å². The average Bonchev–Trinajstić information content (AvgIpc) is 2.77. The molecule has 0 saturated carbocycles. The number of aliphatic imine (C=N–C) groups is 1. The number of carbonyl (C=O) groups excluding carboxylic acids is 2. The van der Waals surface area contributed by atoms with E-state index in [-0.39, 0.29) is 17.5 Å². The van der Waals surface area contributed by atoms with Crippen LogP contribution >= 0.6 is 0 Å². The third-order valence-corrected chi connectivity index (χ3v) is 4.76. The van der Waals surface area contributed by atoms with Crippen LogP contribution in [0.25, 0.3) is 0 Å². The molecule has 1 atom stereocenters. The van der Waals surface area contributed by atoms with Crippen molar-refractivity contribution in [2.24, 2.45) is 4.99 Å². The van der Waals surface area contributed by atoms with Crippen molar-refractivity contribution >= 4 is 17.5 Å². The van der Waals surface area contributed by atoms with Crippen LogP contribution in [0.4, 0.5) is 0 Å². The first kappa shape index (κ1) is 20.2. The van der Waals surface area contributed by atoms with Crippen LogP contribution in [0.1, 0.15) is 39.9 Å². The third kappa shape index (κ3) is 5.48. The van der Waals surface area contributed by atoms with Gasteiger partial charge in [0.2, 0.25) is 0 Å². The molecule has 1 N–H and O–H groups in total. The van der Waals surface area contributed by atoms with E-state index in [1.807, 2.05) is 74.5 Å². The van der Waals surface area contributed by atoms with Crippen LogP contribution < -0.4 is 5.32 Å². The Labute approximate surface area is 171 Å². The molecule has 0 saturated heterocycles. The molecule has 0 heterocycles. The van der Waals surface area contributed by atoms with Crippen molar-refractivity contribution in [2.75, 3.05) is 0 Å². The summed E-state index contributed by atoms with van der Waals surface area (Å²) in [6, 6.07) is 26.3. The van der Waals surface area contributed by atoms with E-state index in [1.54, 1.807) is 24.3 Å². The molecule has 2 amide bonds. The molecule has 0 aliphatic carbocycles. The highest BCUT2D eigenvalue weighted by Crippen LogP contribution is 2.19. The molecule has 4 heteroatoms. The smallest absolute Gasteiger partial charge is 0.277 e. The molecule has 3 aromatic rings. The summed E-state index contributed by atoms with van der Waals surface area (Å²) in [6.07, 6.45) is 0. The van der Waals surface area contributed by atoms with E-state index in [1.165, 1.54) is 0 Å². The number of amides is 2. The van der Waals surface area contributed by atoms with E-state index in [0.29, 0.717) is 12.1 Å². The fourth-order valence-corrected chi connectivity index (χ4v) is 2.98. The van der Waals surface area contributed by atoms with Gasteiger partial charge in [-0.15, -0.1) is 0 Å². The Balaban J connectivity index is 1.87. The maximum atomic E-state index is 13.0. The number of hydrogen-bond acceptors (Lipinski definition) is 2. The summed E-state index contributed by atoms with van der Waals surface area (Å²) in [7, 11) is 0. The zero-order valence-corrected chi connectivity index (χ0v) is 16.6. The molecule has 0 aromatic heterocycles. The molecule has 0 fully saturated rings. The van der Waals surface area contributed by atoms with Gasteiger partial charge in [0.05, 0.1) is 0 Å². The van der Waals surface area contributed by atoms with E-state index in [2.05, 4.69) is 10.3 Å². The summed E-state index contributed by atoms with van der Waals surface area (Å²) in [5.41, 5.74) is 3.71. The monoisotopic (exact) mass is 384 g/mol. The Hall–Kier alpha value is -3.53. The quantitative estimate of drug-likeness (QED) is 0.627. The Kier molecular flexibility index (Phi) is 6.69. The fourth-order valence-electron chi connectivity index (χ4n) is 2.98. The highest BCUT2D eigenvalue weighted by Gasteiger charge is 2.22. The van der Waals surface area contributed by atoms with Gasteiger partial charge >= 0.3 is 0 Å². The minimum Gasteiger partial charge on any atom is -0.347 e. The van der Waals surface area contributed by atoms with Crippen molar-refractivity contribution < 1.29 is 9.59 Å². The van der Waals surface area contributed by atoms with Gasteiger partial charge in [0.1, 0.15) is 5.71 Å². The van der Waals surface area contributed by atoms with Gasteiger partial charge in [-0.1, -0.05) is 85.3 Å². The van der Waals surface area contributed by atoms with Gasteiger partial charge in [-0.3, -0.25) is 9.59 Å². The van der Waals surface area contributed by atoms with E-state index >= 15 is 0 Å². The summed E-state index contributed by atoms with van der Waals surface area (Å²) in [4.78, 5) is 29.9. The van der Waals surface area contributed by atoms with Gasteiger partial charge in [0.15, 0.2) is 0 Å². The van der Waals surface area contributed by atoms with Gasteiger partial charge < -0.3 is 5.32 Å². The molecule has 0 aliphatic heterocycles. The highest BCUT2D eigenvalue weighted by molar-refractivity contribution is 6.42. The molecule has 3 aromatic carbocycles. The van der Waals surface area contributed by atoms with E-state index in [4.69, 9.17) is 0 Å². The Morgan fingerprint density at radius 1 is 0.862 bits per heavy atom. The topological polar surface area (TPSA) is 58.5 Å². The number of nitrogens with zero attached hydrogens (tertiary/aromatic N) is 1. The number of aryl methyl sites for hydroxylation is 1. The molecule has 4 nitrogen and oxygen atoms in total. The van der Waals surface area contributed by atoms with Gasteiger partial charge in [-0.05, 0) is 30.2 Å². The summed E-state index contributed by atoms with van der Waals surface area (Å²) >= 11 is 0. The van der Waals surface area contributed by atoms with Gasteiger partial charge in [0.25, 0.3) is 11.8 Å². The van der Waals surface area contributed by atoms with Crippen molar-refractivity contribution in [2.45, 2.75) is 26.3 Å². The Bertz CT molecular complexity index is 994. The number of benzene rings is 3. The molecule has 146 valence electrons. The summed E-state index contributed by atoms with van der Waals surface area (Å²) in [5.74, 6) is -1.08. The van der Waals surface area contributed by atoms with Crippen molar-refractivity contribution in [1.82, 2.24) is 5.32 Å². The predicted molar refractivity (Wildman–Crippen MR) is 116 cm³/mol.